The Kier molecular flexibility index (Phi) is 6.70. The average molecular weight is 653 g/mol. The number of imidazole rings is 1. The standard InChI is InChI=1S/C45H28N6/c1-3-12-29(13-4-1)43-48-44(30-14-5-2-6-15-30)50-45(49-43)34-17-11-16-31(26-34)32-20-23-36-38(27-32)37-28-33(39-18-7-9-24-46-39)21-22-35(37)41-42(36)51-25-10-8-19-40(51)47-41/h1-28H. The summed E-state index contributed by atoms with van der Waals surface area (Å²) >= 11 is 0. The molecule has 0 N–H and O–H groups in total. The number of pyridine rings is 2. The van der Waals surface area contributed by atoms with Crippen molar-refractivity contribution in [1.29, 1.82) is 0 Å². The molecule has 0 atom stereocenters. The van der Waals surface area contributed by atoms with E-state index in [-0.39, 0.29) is 0 Å². The fourth-order valence-corrected chi connectivity index (χ4v) is 7.04. The summed E-state index contributed by atoms with van der Waals surface area (Å²) in [5, 5.41) is 4.55. The summed E-state index contributed by atoms with van der Waals surface area (Å²) in [6.45, 7) is 0. The van der Waals surface area contributed by atoms with Gasteiger partial charge in [0.25, 0.3) is 0 Å². The fraction of sp³-hybridized carbons (Fsp3) is 0. The largest absolute Gasteiger partial charge is 0.299 e. The molecule has 0 spiro atoms. The van der Waals surface area contributed by atoms with Gasteiger partial charge < -0.3 is 0 Å². The van der Waals surface area contributed by atoms with Crippen molar-refractivity contribution in [2.45, 2.75) is 0 Å². The van der Waals surface area contributed by atoms with Crippen LogP contribution in [-0.4, -0.2) is 29.3 Å². The van der Waals surface area contributed by atoms with Crippen molar-refractivity contribution in [3.8, 4) is 56.5 Å². The zero-order valence-corrected chi connectivity index (χ0v) is 27.3. The highest BCUT2D eigenvalue weighted by Gasteiger charge is 2.17. The van der Waals surface area contributed by atoms with Crippen LogP contribution in [0.4, 0.5) is 0 Å². The number of aromatic nitrogens is 6. The third-order valence-electron chi connectivity index (χ3n) is 9.48. The molecule has 0 radical (unpaired) electrons. The van der Waals surface area contributed by atoms with Crippen LogP contribution in [0, 0.1) is 0 Å². The topological polar surface area (TPSA) is 68.9 Å². The summed E-state index contributed by atoms with van der Waals surface area (Å²) in [6.07, 6.45) is 3.93. The van der Waals surface area contributed by atoms with Gasteiger partial charge in [0.05, 0.1) is 16.7 Å². The maximum absolute atomic E-state index is 5.11. The lowest BCUT2D eigenvalue weighted by atomic mass is 9.93. The van der Waals surface area contributed by atoms with Gasteiger partial charge in [-0.1, -0.05) is 115 Å². The van der Waals surface area contributed by atoms with Crippen LogP contribution in [0.3, 0.4) is 0 Å². The van der Waals surface area contributed by atoms with Gasteiger partial charge in [0.2, 0.25) is 0 Å². The summed E-state index contributed by atoms with van der Waals surface area (Å²) in [5.41, 5.74) is 10.0. The van der Waals surface area contributed by atoms with Gasteiger partial charge in [0.1, 0.15) is 5.65 Å². The molecule has 0 bridgehead atoms. The summed E-state index contributed by atoms with van der Waals surface area (Å²) in [4.78, 5) is 24.6. The van der Waals surface area contributed by atoms with E-state index in [9.17, 15) is 0 Å². The van der Waals surface area contributed by atoms with E-state index in [1.165, 1.54) is 0 Å². The van der Waals surface area contributed by atoms with Gasteiger partial charge in [0, 0.05) is 45.4 Å². The van der Waals surface area contributed by atoms with Gasteiger partial charge in [-0.25, -0.2) is 19.9 Å². The molecule has 10 rings (SSSR count). The van der Waals surface area contributed by atoms with Crippen molar-refractivity contribution in [2.75, 3.05) is 0 Å². The molecule has 6 aromatic carbocycles. The number of hydrogen-bond acceptors (Lipinski definition) is 5. The van der Waals surface area contributed by atoms with Crippen LogP contribution in [0.1, 0.15) is 0 Å². The van der Waals surface area contributed by atoms with E-state index in [1.54, 1.807) is 0 Å². The molecule has 0 saturated carbocycles. The first-order valence-corrected chi connectivity index (χ1v) is 16.9. The third-order valence-corrected chi connectivity index (χ3v) is 9.48. The van der Waals surface area contributed by atoms with Crippen molar-refractivity contribution >= 4 is 38.2 Å². The molecule has 0 aliphatic carbocycles. The van der Waals surface area contributed by atoms with Gasteiger partial charge in [-0.2, -0.15) is 0 Å². The molecule has 0 saturated heterocycles. The number of nitrogens with zero attached hydrogens (tertiary/aromatic N) is 6. The Hall–Kier alpha value is -7.05. The molecular weight excluding hydrogens is 625 g/mol. The minimum absolute atomic E-state index is 0.628. The van der Waals surface area contributed by atoms with Crippen molar-refractivity contribution in [1.82, 2.24) is 29.3 Å². The van der Waals surface area contributed by atoms with Crippen LogP contribution in [0.2, 0.25) is 0 Å². The molecule has 6 nitrogen and oxygen atoms in total. The minimum Gasteiger partial charge on any atom is -0.299 e. The first-order valence-electron chi connectivity index (χ1n) is 16.9. The highest BCUT2D eigenvalue weighted by atomic mass is 15.0. The quantitative estimate of drug-likeness (QED) is 0.173. The van der Waals surface area contributed by atoms with Gasteiger partial charge in [-0.3, -0.25) is 9.38 Å². The van der Waals surface area contributed by atoms with Gasteiger partial charge >= 0.3 is 0 Å². The summed E-state index contributed by atoms with van der Waals surface area (Å²) in [6, 6.07) is 54.1. The smallest absolute Gasteiger partial charge is 0.164 e. The lowest BCUT2D eigenvalue weighted by Gasteiger charge is -2.12. The molecule has 0 aliphatic rings. The van der Waals surface area contributed by atoms with Crippen molar-refractivity contribution in [2.24, 2.45) is 0 Å². The second kappa shape index (κ2) is 11.8. The van der Waals surface area contributed by atoms with Crippen molar-refractivity contribution in [3.05, 3.63) is 170 Å². The second-order valence-electron chi connectivity index (χ2n) is 12.6. The molecule has 0 aliphatic heterocycles. The highest BCUT2D eigenvalue weighted by molar-refractivity contribution is 6.25. The molecule has 4 aromatic heterocycles. The molecule has 0 amide bonds. The normalized spacial score (nSPS) is 11.5. The van der Waals surface area contributed by atoms with Gasteiger partial charge in [-0.05, 0) is 64.4 Å². The van der Waals surface area contributed by atoms with Crippen LogP contribution in [0.25, 0.3) is 94.8 Å². The van der Waals surface area contributed by atoms with Crippen LogP contribution in [0.5, 0.6) is 0 Å². The van der Waals surface area contributed by atoms with Crippen molar-refractivity contribution < 1.29 is 0 Å². The summed E-state index contributed by atoms with van der Waals surface area (Å²) < 4.78 is 2.19. The Morgan fingerprint density at radius 1 is 0.373 bits per heavy atom. The lowest BCUT2D eigenvalue weighted by Crippen LogP contribution is -2.00. The van der Waals surface area contributed by atoms with Crippen LogP contribution >= 0.6 is 0 Å². The lowest BCUT2D eigenvalue weighted by molar-refractivity contribution is 1.07. The Labute approximate surface area is 293 Å². The Balaban J connectivity index is 1.17. The SMILES string of the molecule is c1ccc(-c2nc(-c3ccccc3)nc(-c3cccc(-c4ccc5c(c4)c4cc(-c6ccccn6)ccc4c4nc6ccccn6c54)c3)n2)cc1. The van der Waals surface area contributed by atoms with Crippen molar-refractivity contribution in [3.63, 3.8) is 0 Å². The van der Waals surface area contributed by atoms with E-state index < -0.39 is 0 Å². The average Bonchev–Trinajstić information content (AvgIpc) is 3.61. The zero-order valence-electron chi connectivity index (χ0n) is 27.3. The molecule has 238 valence electrons. The first kappa shape index (κ1) is 28.9. The van der Waals surface area contributed by atoms with E-state index in [2.05, 4.69) is 94.4 Å². The highest BCUT2D eigenvalue weighted by Crippen LogP contribution is 2.39. The molecule has 0 fully saturated rings. The number of hydrogen-bond donors (Lipinski definition) is 0. The zero-order chi connectivity index (χ0) is 33.7. The Bertz CT molecular complexity index is 2840. The molecule has 10 aromatic rings. The first-order chi connectivity index (χ1) is 25.3. The third kappa shape index (κ3) is 5.01. The van der Waals surface area contributed by atoms with Crippen LogP contribution in [-0.2, 0) is 0 Å². The maximum Gasteiger partial charge on any atom is 0.164 e. The van der Waals surface area contributed by atoms with Crippen LogP contribution in [0.15, 0.2) is 170 Å². The fourth-order valence-electron chi connectivity index (χ4n) is 7.04. The molecule has 51 heavy (non-hydrogen) atoms. The second-order valence-corrected chi connectivity index (χ2v) is 12.6. The number of fused-ring (bicyclic) bond motifs is 8. The Morgan fingerprint density at radius 3 is 1.71 bits per heavy atom. The summed E-state index contributed by atoms with van der Waals surface area (Å²) in [7, 11) is 0. The monoisotopic (exact) mass is 652 g/mol. The number of rotatable bonds is 5. The van der Waals surface area contributed by atoms with E-state index >= 15 is 0 Å². The molecule has 4 heterocycles. The predicted molar refractivity (Wildman–Crippen MR) is 206 cm³/mol. The van der Waals surface area contributed by atoms with E-state index in [0.29, 0.717) is 17.5 Å². The molecule has 6 heteroatoms. The van der Waals surface area contributed by atoms with E-state index in [0.717, 1.165) is 77.3 Å². The summed E-state index contributed by atoms with van der Waals surface area (Å²) in [5.74, 6) is 1.91. The van der Waals surface area contributed by atoms with E-state index in [4.69, 9.17) is 19.9 Å². The molecule has 0 unspecified atom stereocenters. The maximum atomic E-state index is 5.11. The predicted octanol–water partition coefficient (Wildman–Crippen LogP) is 10.7. The van der Waals surface area contributed by atoms with E-state index in [1.807, 2.05) is 85.1 Å². The van der Waals surface area contributed by atoms with Gasteiger partial charge in [-0.15, -0.1) is 0 Å². The molecular formula is C45H28N6. The minimum atomic E-state index is 0.628. The number of benzene rings is 6. The van der Waals surface area contributed by atoms with Gasteiger partial charge in [0.15, 0.2) is 17.5 Å². The Morgan fingerprint density at radius 2 is 0.961 bits per heavy atom. The van der Waals surface area contributed by atoms with Crippen LogP contribution < -0.4 is 0 Å².